The minimum atomic E-state index is -1.25. The van der Waals surface area contributed by atoms with E-state index < -0.39 is 23.8 Å². The number of aliphatic hydroxyl groups is 1. The normalized spacial score (nSPS) is 11.5. The van der Waals surface area contributed by atoms with E-state index in [0.29, 0.717) is 11.3 Å². The summed E-state index contributed by atoms with van der Waals surface area (Å²) in [6, 6.07) is 4.94. The standard InChI is InChI=1S/C13H17N3O5/c14-9-3-1-8(2-4-9)12(19)15-7-11(18)16-10(5-6-17)13(20)21/h1-4,10,17H,5-7,14H2,(H,15,19)(H,16,18)(H,20,21)/t10-/m0/s1. The third-order valence-electron chi connectivity index (χ3n) is 2.63. The first-order valence-corrected chi connectivity index (χ1v) is 6.20. The zero-order valence-electron chi connectivity index (χ0n) is 11.2. The number of benzene rings is 1. The molecule has 0 aliphatic carbocycles. The third kappa shape index (κ3) is 5.49. The minimum absolute atomic E-state index is 0.104. The highest BCUT2D eigenvalue weighted by Gasteiger charge is 2.19. The van der Waals surface area contributed by atoms with Crippen molar-refractivity contribution >= 4 is 23.5 Å². The molecule has 114 valence electrons. The van der Waals surface area contributed by atoms with E-state index >= 15 is 0 Å². The fraction of sp³-hybridized carbons (Fsp3) is 0.308. The Morgan fingerprint density at radius 3 is 2.33 bits per heavy atom. The van der Waals surface area contributed by atoms with Gasteiger partial charge in [0, 0.05) is 24.3 Å². The molecule has 0 bridgehead atoms. The maximum atomic E-state index is 11.7. The van der Waals surface area contributed by atoms with Crippen LogP contribution in [0.2, 0.25) is 0 Å². The first kappa shape index (κ1) is 16.4. The summed E-state index contributed by atoms with van der Waals surface area (Å²) in [6.45, 7) is -0.729. The topological polar surface area (TPSA) is 142 Å². The zero-order chi connectivity index (χ0) is 15.8. The van der Waals surface area contributed by atoms with Crippen LogP contribution in [0.15, 0.2) is 24.3 Å². The predicted molar refractivity (Wildman–Crippen MR) is 74.5 cm³/mol. The lowest BCUT2D eigenvalue weighted by Gasteiger charge is -2.13. The maximum absolute atomic E-state index is 11.7. The highest BCUT2D eigenvalue weighted by Crippen LogP contribution is 2.04. The van der Waals surface area contributed by atoms with Crippen molar-refractivity contribution in [3.63, 3.8) is 0 Å². The van der Waals surface area contributed by atoms with Crippen LogP contribution < -0.4 is 16.4 Å². The van der Waals surface area contributed by atoms with Crippen LogP contribution in [0.3, 0.4) is 0 Å². The number of nitrogens with two attached hydrogens (primary N) is 1. The highest BCUT2D eigenvalue weighted by molar-refractivity contribution is 5.97. The molecule has 1 rings (SSSR count). The molecule has 0 radical (unpaired) electrons. The summed E-state index contributed by atoms with van der Waals surface area (Å²) in [4.78, 5) is 34.0. The molecule has 1 atom stereocenters. The summed E-state index contributed by atoms with van der Waals surface area (Å²) in [6.07, 6.45) is -0.104. The van der Waals surface area contributed by atoms with E-state index in [1.165, 1.54) is 12.1 Å². The van der Waals surface area contributed by atoms with Crippen molar-refractivity contribution in [2.45, 2.75) is 12.5 Å². The Morgan fingerprint density at radius 2 is 1.81 bits per heavy atom. The first-order valence-electron chi connectivity index (χ1n) is 6.20. The number of hydrogen-bond acceptors (Lipinski definition) is 5. The van der Waals surface area contributed by atoms with E-state index in [4.69, 9.17) is 15.9 Å². The molecule has 0 spiro atoms. The molecule has 0 unspecified atom stereocenters. The van der Waals surface area contributed by atoms with Crippen LogP contribution >= 0.6 is 0 Å². The van der Waals surface area contributed by atoms with Crippen LogP contribution in [-0.2, 0) is 9.59 Å². The number of carbonyl (C=O) groups excluding carboxylic acids is 2. The average Bonchev–Trinajstić information content (AvgIpc) is 2.45. The highest BCUT2D eigenvalue weighted by atomic mass is 16.4. The molecule has 0 heterocycles. The minimum Gasteiger partial charge on any atom is -0.480 e. The molecule has 8 heteroatoms. The molecule has 21 heavy (non-hydrogen) atoms. The van der Waals surface area contributed by atoms with Gasteiger partial charge in [-0.3, -0.25) is 9.59 Å². The number of amides is 2. The second kappa shape index (κ2) is 7.85. The van der Waals surface area contributed by atoms with Crippen LogP contribution in [-0.4, -0.2) is 47.2 Å². The average molecular weight is 295 g/mol. The van der Waals surface area contributed by atoms with Gasteiger partial charge in [-0.15, -0.1) is 0 Å². The van der Waals surface area contributed by atoms with Gasteiger partial charge in [0.05, 0.1) is 6.54 Å². The van der Waals surface area contributed by atoms with Gasteiger partial charge in [0.15, 0.2) is 0 Å². The van der Waals surface area contributed by atoms with Gasteiger partial charge in [0.25, 0.3) is 5.91 Å². The lowest BCUT2D eigenvalue weighted by Crippen LogP contribution is -2.45. The smallest absolute Gasteiger partial charge is 0.326 e. The molecule has 0 saturated heterocycles. The van der Waals surface area contributed by atoms with Crippen LogP contribution in [0, 0.1) is 0 Å². The van der Waals surface area contributed by atoms with Gasteiger partial charge in [-0.1, -0.05) is 0 Å². The Labute approximate surface area is 120 Å². The van der Waals surface area contributed by atoms with E-state index in [9.17, 15) is 14.4 Å². The largest absolute Gasteiger partial charge is 0.480 e. The summed E-state index contributed by atoms with van der Waals surface area (Å²) in [7, 11) is 0. The Morgan fingerprint density at radius 1 is 1.19 bits per heavy atom. The van der Waals surface area contributed by atoms with Gasteiger partial charge < -0.3 is 26.6 Å². The first-order chi connectivity index (χ1) is 9.93. The number of aliphatic hydroxyl groups excluding tert-OH is 1. The van der Waals surface area contributed by atoms with Crippen LogP contribution in [0.1, 0.15) is 16.8 Å². The summed E-state index contributed by atoms with van der Waals surface area (Å²) < 4.78 is 0. The van der Waals surface area contributed by atoms with E-state index in [0.717, 1.165) is 0 Å². The van der Waals surface area contributed by atoms with Crippen molar-refractivity contribution in [2.75, 3.05) is 18.9 Å². The van der Waals surface area contributed by atoms with Crippen LogP contribution in [0.25, 0.3) is 0 Å². The monoisotopic (exact) mass is 295 g/mol. The number of aliphatic carboxylic acids is 1. The number of carboxylic acids is 1. The van der Waals surface area contributed by atoms with Crippen molar-refractivity contribution in [2.24, 2.45) is 0 Å². The van der Waals surface area contributed by atoms with Crippen LogP contribution in [0.4, 0.5) is 5.69 Å². The van der Waals surface area contributed by atoms with Gasteiger partial charge in [0.2, 0.25) is 5.91 Å². The summed E-state index contributed by atoms with van der Waals surface area (Å²) in [5.74, 6) is -2.37. The number of rotatable bonds is 7. The van der Waals surface area contributed by atoms with Crippen LogP contribution in [0.5, 0.6) is 0 Å². The Balaban J connectivity index is 2.46. The quantitative estimate of drug-likeness (QED) is 0.406. The molecule has 0 saturated carbocycles. The van der Waals surface area contributed by atoms with E-state index in [1.54, 1.807) is 12.1 Å². The second-order valence-corrected chi connectivity index (χ2v) is 4.28. The summed E-state index contributed by atoms with van der Waals surface area (Å²) in [5.41, 5.74) is 6.34. The molecular weight excluding hydrogens is 278 g/mol. The number of nitrogens with one attached hydrogen (secondary N) is 2. The molecule has 2 amide bonds. The maximum Gasteiger partial charge on any atom is 0.326 e. The Hall–Kier alpha value is -2.61. The van der Waals surface area contributed by atoms with Gasteiger partial charge in [-0.05, 0) is 24.3 Å². The summed E-state index contributed by atoms with van der Waals surface area (Å²) in [5, 5.41) is 22.1. The van der Waals surface area contributed by atoms with Gasteiger partial charge in [-0.25, -0.2) is 4.79 Å². The molecule has 8 nitrogen and oxygen atoms in total. The number of anilines is 1. The van der Waals surface area contributed by atoms with Crippen molar-refractivity contribution in [3.8, 4) is 0 Å². The van der Waals surface area contributed by atoms with E-state index in [2.05, 4.69) is 10.6 Å². The lowest BCUT2D eigenvalue weighted by molar-refractivity contribution is -0.142. The molecule has 6 N–H and O–H groups in total. The SMILES string of the molecule is Nc1ccc(C(=O)NCC(=O)N[C@@H](CCO)C(=O)O)cc1. The number of carboxylic acid groups (broad SMARTS) is 1. The number of hydrogen-bond donors (Lipinski definition) is 5. The molecule has 1 aromatic carbocycles. The zero-order valence-corrected chi connectivity index (χ0v) is 11.2. The van der Waals surface area contributed by atoms with E-state index in [-0.39, 0.29) is 19.6 Å². The summed E-state index contributed by atoms with van der Waals surface area (Å²) >= 11 is 0. The van der Waals surface area contributed by atoms with E-state index in [1.807, 2.05) is 0 Å². The molecule has 0 aliphatic rings. The van der Waals surface area contributed by atoms with Gasteiger partial charge in [-0.2, -0.15) is 0 Å². The molecule has 0 aliphatic heterocycles. The predicted octanol–water partition coefficient (Wildman–Crippen LogP) is -1.05. The fourth-order valence-corrected chi connectivity index (χ4v) is 1.53. The third-order valence-corrected chi connectivity index (χ3v) is 2.63. The number of carbonyl (C=O) groups is 3. The van der Waals surface area contributed by atoms with Gasteiger partial charge in [0.1, 0.15) is 6.04 Å². The van der Waals surface area contributed by atoms with Crippen molar-refractivity contribution in [1.29, 1.82) is 0 Å². The lowest BCUT2D eigenvalue weighted by atomic mass is 10.2. The number of nitrogen functional groups attached to an aromatic ring is 1. The Bertz CT molecular complexity index is 515. The second-order valence-electron chi connectivity index (χ2n) is 4.28. The Kier molecular flexibility index (Phi) is 6.15. The molecule has 0 aromatic heterocycles. The van der Waals surface area contributed by atoms with Crippen molar-refractivity contribution in [1.82, 2.24) is 10.6 Å². The molecule has 0 fully saturated rings. The fourth-order valence-electron chi connectivity index (χ4n) is 1.53. The molecule has 1 aromatic rings. The molecular formula is C13H17N3O5. The van der Waals surface area contributed by atoms with Gasteiger partial charge >= 0.3 is 5.97 Å². The van der Waals surface area contributed by atoms with Crippen molar-refractivity contribution in [3.05, 3.63) is 29.8 Å². The van der Waals surface area contributed by atoms with Crippen molar-refractivity contribution < 1.29 is 24.6 Å².